The second-order valence-electron chi connectivity index (χ2n) is 5.16. The summed E-state index contributed by atoms with van der Waals surface area (Å²) in [5.41, 5.74) is 0. The van der Waals surface area contributed by atoms with Crippen molar-refractivity contribution in [2.24, 2.45) is 0 Å². The van der Waals surface area contributed by atoms with Gasteiger partial charge in [-0.15, -0.1) is 23.7 Å². The number of hydrogen-bond acceptors (Lipinski definition) is 3. The van der Waals surface area contributed by atoms with Gasteiger partial charge in [-0.05, 0) is 55.6 Å². The summed E-state index contributed by atoms with van der Waals surface area (Å²) < 4.78 is 1.43. The number of hydrogen-bond donors (Lipinski definition) is 0. The lowest BCUT2D eigenvalue weighted by Gasteiger charge is -2.13. The van der Waals surface area contributed by atoms with Gasteiger partial charge in [0, 0.05) is 21.9 Å². The molecule has 0 atom stereocenters. The quantitative estimate of drug-likeness (QED) is 0.708. The van der Waals surface area contributed by atoms with E-state index in [-0.39, 0.29) is 12.4 Å². The predicted molar refractivity (Wildman–Crippen MR) is 95.8 cm³/mol. The molecule has 1 nitrogen and oxygen atoms in total. The fraction of sp³-hybridized carbons (Fsp3) is 0.500. The molecular weight excluding hydrogens is 306 g/mol. The number of thioether (sulfide) groups is 1. The first-order chi connectivity index (χ1) is 9.42. The van der Waals surface area contributed by atoms with Crippen LogP contribution in [0.15, 0.2) is 30.3 Å². The van der Waals surface area contributed by atoms with Crippen molar-refractivity contribution in [2.75, 3.05) is 31.1 Å². The van der Waals surface area contributed by atoms with E-state index in [2.05, 4.69) is 47.0 Å². The van der Waals surface area contributed by atoms with Crippen molar-refractivity contribution in [2.45, 2.75) is 19.3 Å². The molecule has 4 heteroatoms. The highest BCUT2D eigenvalue weighted by molar-refractivity contribution is 7.99. The van der Waals surface area contributed by atoms with Crippen molar-refractivity contribution in [3.63, 3.8) is 0 Å². The molecule has 1 aliphatic heterocycles. The summed E-state index contributed by atoms with van der Waals surface area (Å²) in [6.45, 7) is 3.95. The standard InChI is InChI=1S/C16H21NS2.ClH/c1-2-6-16-14(5-1)13-15(19-16)7-11-18-12-10-17-8-3-4-9-17;/h1-2,5-6,13H,3-4,7-12H2;1H. The molecule has 20 heavy (non-hydrogen) atoms. The van der Waals surface area contributed by atoms with Gasteiger partial charge in [-0.2, -0.15) is 11.8 Å². The normalized spacial score (nSPS) is 15.6. The maximum Gasteiger partial charge on any atom is 0.0345 e. The summed E-state index contributed by atoms with van der Waals surface area (Å²) in [7, 11) is 0. The third-order valence-electron chi connectivity index (χ3n) is 3.72. The molecule has 110 valence electrons. The van der Waals surface area contributed by atoms with E-state index in [0.717, 1.165) is 0 Å². The average molecular weight is 328 g/mol. The summed E-state index contributed by atoms with van der Waals surface area (Å²) in [5, 5.41) is 1.41. The van der Waals surface area contributed by atoms with Gasteiger partial charge in [0.2, 0.25) is 0 Å². The van der Waals surface area contributed by atoms with Gasteiger partial charge < -0.3 is 4.90 Å². The van der Waals surface area contributed by atoms with Crippen LogP contribution in [0.2, 0.25) is 0 Å². The summed E-state index contributed by atoms with van der Waals surface area (Å²) in [6, 6.07) is 11.1. The molecule has 0 saturated carbocycles. The van der Waals surface area contributed by atoms with Crippen LogP contribution in [0.25, 0.3) is 10.1 Å². The number of likely N-dealkylation sites (tertiary alicyclic amines) is 1. The first-order valence-corrected chi connectivity index (χ1v) is 9.16. The Bertz CT molecular complexity index is 487. The minimum atomic E-state index is 0. The van der Waals surface area contributed by atoms with Gasteiger partial charge in [-0.25, -0.2) is 0 Å². The zero-order chi connectivity index (χ0) is 12.9. The van der Waals surface area contributed by atoms with E-state index in [1.165, 1.54) is 65.4 Å². The Hall–Kier alpha value is -0.220. The van der Waals surface area contributed by atoms with Gasteiger partial charge in [-0.3, -0.25) is 0 Å². The highest BCUT2D eigenvalue weighted by atomic mass is 35.5. The SMILES string of the molecule is Cl.c1ccc2sc(CCSCCN3CCCC3)cc2c1. The molecule has 0 amide bonds. The molecule has 3 rings (SSSR count). The Labute approximate surface area is 136 Å². The van der Waals surface area contributed by atoms with Crippen LogP contribution in [0, 0.1) is 0 Å². The van der Waals surface area contributed by atoms with E-state index in [4.69, 9.17) is 0 Å². The van der Waals surface area contributed by atoms with Crippen LogP contribution in [0.3, 0.4) is 0 Å². The van der Waals surface area contributed by atoms with E-state index in [0.29, 0.717) is 0 Å². The summed E-state index contributed by atoms with van der Waals surface area (Å²) >= 11 is 4.07. The Balaban J connectivity index is 0.00000147. The second-order valence-corrected chi connectivity index (χ2v) is 7.55. The Morgan fingerprint density at radius 2 is 1.90 bits per heavy atom. The molecule has 1 aromatic heterocycles. The molecular formula is C16H22ClNS2. The minimum Gasteiger partial charge on any atom is -0.303 e. The van der Waals surface area contributed by atoms with Crippen LogP contribution in [-0.2, 0) is 6.42 Å². The van der Waals surface area contributed by atoms with E-state index < -0.39 is 0 Å². The lowest BCUT2D eigenvalue weighted by molar-refractivity contribution is 0.362. The van der Waals surface area contributed by atoms with E-state index in [9.17, 15) is 0 Å². The summed E-state index contributed by atoms with van der Waals surface area (Å²) in [4.78, 5) is 4.14. The van der Waals surface area contributed by atoms with E-state index in [1.54, 1.807) is 0 Å². The molecule has 0 spiro atoms. The zero-order valence-electron chi connectivity index (χ0n) is 11.7. The predicted octanol–water partition coefficient (Wildman–Crippen LogP) is 4.69. The lowest BCUT2D eigenvalue weighted by atomic mass is 10.2. The number of thiophene rings is 1. The van der Waals surface area contributed by atoms with Crippen LogP contribution in [-0.4, -0.2) is 36.0 Å². The van der Waals surface area contributed by atoms with Crippen LogP contribution in [0.1, 0.15) is 17.7 Å². The summed E-state index contributed by atoms with van der Waals surface area (Å²) in [5.74, 6) is 2.56. The number of fused-ring (bicyclic) bond motifs is 1. The number of rotatable bonds is 6. The fourth-order valence-corrected chi connectivity index (χ4v) is 4.78. The molecule has 1 fully saturated rings. The van der Waals surface area contributed by atoms with Gasteiger partial charge >= 0.3 is 0 Å². The highest BCUT2D eigenvalue weighted by Gasteiger charge is 2.10. The molecule has 0 N–H and O–H groups in total. The zero-order valence-corrected chi connectivity index (χ0v) is 14.2. The average Bonchev–Trinajstić information content (AvgIpc) is 3.06. The van der Waals surface area contributed by atoms with Crippen molar-refractivity contribution in [1.29, 1.82) is 0 Å². The first-order valence-electron chi connectivity index (χ1n) is 7.19. The summed E-state index contributed by atoms with van der Waals surface area (Å²) in [6.07, 6.45) is 4.04. The first kappa shape index (κ1) is 16.2. The van der Waals surface area contributed by atoms with Gasteiger partial charge in [0.15, 0.2) is 0 Å². The minimum absolute atomic E-state index is 0. The maximum atomic E-state index is 2.60. The molecule has 0 radical (unpaired) electrons. The van der Waals surface area contributed by atoms with Crippen LogP contribution < -0.4 is 0 Å². The third-order valence-corrected chi connectivity index (χ3v) is 5.86. The number of nitrogens with zero attached hydrogens (tertiary/aromatic N) is 1. The Morgan fingerprint density at radius 1 is 1.10 bits per heavy atom. The van der Waals surface area contributed by atoms with Crippen molar-refractivity contribution in [1.82, 2.24) is 4.90 Å². The largest absolute Gasteiger partial charge is 0.303 e. The van der Waals surface area contributed by atoms with Gasteiger partial charge in [0.05, 0.1) is 0 Å². The maximum absolute atomic E-state index is 2.60. The van der Waals surface area contributed by atoms with Gasteiger partial charge in [0.1, 0.15) is 0 Å². The molecule has 1 saturated heterocycles. The monoisotopic (exact) mass is 327 g/mol. The van der Waals surface area contributed by atoms with Gasteiger partial charge in [0.25, 0.3) is 0 Å². The number of benzene rings is 1. The van der Waals surface area contributed by atoms with Crippen molar-refractivity contribution >= 4 is 45.6 Å². The molecule has 0 bridgehead atoms. The molecule has 2 heterocycles. The van der Waals surface area contributed by atoms with Crippen molar-refractivity contribution < 1.29 is 0 Å². The van der Waals surface area contributed by atoms with E-state index in [1.807, 2.05) is 11.3 Å². The molecule has 2 aromatic rings. The van der Waals surface area contributed by atoms with Crippen LogP contribution in [0.4, 0.5) is 0 Å². The highest BCUT2D eigenvalue weighted by Crippen LogP contribution is 2.26. The topological polar surface area (TPSA) is 3.24 Å². The van der Waals surface area contributed by atoms with Crippen LogP contribution in [0.5, 0.6) is 0 Å². The Kier molecular flexibility index (Phi) is 6.69. The molecule has 0 unspecified atom stereocenters. The fourth-order valence-electron chi connectivity index (χ4n) is 2.63. The number of halogens is 1. The van der Waals surface area contributed by atoms with E-state index >= 15 is 0 Å². The molecule has 1 aliphatic rings. The number of aryl methyl sites for hydroxylation is 1. The second kappa shape index (κ2) is 8.28. The molecule has 0 aliphatic carbocycles. The third kappa shape index (κ3) is 4.39. The Morgan fingerprint density at radius 3 is 2.70 bits per heavy atom. The molecule has 1 aromatic carbocycles. The smallest absolute Gasteiger partial charge is 0.0345 e. The van der Waals surface area contributed by atoms with Crippen LogP contribution >= 0.6 is 35.5 Å². The van der Waals surface area contributed by atoms with Gasteiger partial charge in [-0.1, -0.05) is 18.2 Å². The lowest BCUT2D eigenvalue weighted by Crippen LogP contribution is -2.22. The van der Waals surface area contributed by atoms with Crippen molar-refractivity contribution in [3.8, 4) is 0 Å². The van der Waals surface area contributed by atoms with Crippen molar-refractivity contribution in [3.05, 3.63) is 35.2 Å².